The molecule has 0 N–H and O–H groups in total. The van der Waals surface area contributed by atoms with E-state index in [1.807, 2.05) is 31.2 Å². The average molecular weight is 362 g/mol. The normalized spacial score (nSPS) is 11.5. The van der Waals surface area contributed by atoms with Gasteiger partial charge in [-0.25, -0.2) is 0 Å². The van der Waals surface area contributed by atoms with Crippen LogP contribution in [0.25, 0.3) is 11.4 Å². The lowest BCUT2D eigenvalue weighted by molar-refractivity contribution is 0.105. The summed E-state index contributed by atoms with van der Waals surface area (Å²) in [5, 5.41) is 9.28. The van der Waals surface area contributed by atoms with E-state index in [2.05, 4.69) is 15.3 Å². The zero-order valence-corrected chi connectivity index (χ0v) is 14.3. The Kier molecular flexibility index (Phi) is 5.13. The predicted octanol–water partition coefficient (Wildman–Crippen LogP) is 4.98. The topological polar surface area (TPSA) is 60.5 Å². The molecule has 0 saturated heterocycles. The maximum Gasteiger partial charge on any atom is 0.267 e. The number of hydrogen-bond donors (Lipinski definition) is 0. The molecule has 0 amide bonds. The third-order valence-electron chi connectivity index (χ3n) is 3.22. The van der Waals surface area contributed by atoms with Crippen LogP contribution < -0.4 is 0 Å². The second-order valence-corrected chi connectivity index (χ2v) is 5.85. The number of oxime groups is 1. The molecule has 3 aromatic rings. The van der Waals surface area contributed by atoms with E-state index in [1.54, 1.807) is 24.3 Å². The van der Waals surface area contributed by atoms with E-state index in [0.29, 0.717) is 21.8 Å². The Hall–Kier alpha value is -2.37. The van der Waals surface area contributed by atoms with Gasteiger partial charge < -0.3 is 9.36 Å². The van der Waals surface area contributed by atoms with E-state index in [9.17, 15) is 0 Å². The molecule has 7 heteroatoms. The van der Waals surface area contributed by atoms with Crippen LogP contribution in [0.3, 0.4) is 0 Å². The molecular formula is C17H13Cl2N3O2. The molecule has 3 rings (SSSR count). The molecule has 0 unspecified atom stereocenters. The molecule has 1 aromatic heterocycles. The quantitative estimate of drug-likeness (QED) is 0.474. The first kappa shape index (κ1) is 16.5. The Balaban J connectivity index is 1.62. The molecule has 0 fully saturated rings. The van der Waals surface area contributed by atoms with E-state index >= 15 is 0 Å². The van der Waals surface area contributed by atoms with Crippen LogP contribution in [0.2, 0.25) is 10.0 Å². The van der Waals surface area contributed by atoms with Gasteiger partial charge in [0, 0.05) is 15.6 Å². The van der Waals surface area contributed by atoms with Gasteiger partial charge in [-0.3, -0.25) is 0 Å². The van der Waals surface area contributed by atoms with Crippen LogP contribution in [0.5, 0.6) is 0 Å². The largest absolute Gasteiger partial charge is 0.385 e. The van der Waals surface area contributed by atoms with E-state index in [-0.39, 0.29) is 6.61 Å². The summed E-state index contributed by atoms with van der Waals surface area (Å²) in [6, 6.07) is 14.5. The molecule has 0 spiro atoms. The van der Waals surface area contributed by atoms with Crippen molar-refractivity contribution in [2.45, 2.75) is 13.5 Å². The van der Waals surface area contributed by atoms with Crippen molar-refractivity contribution in [1.82, 2.24) is 10.1 Å². The maximum absolute atomic E-state index is 5.86. The molecule has 0 radical (unpaired) electrons. The highest BCUT2D eigenvalue weighted by molar-refractivity contribution is 6.30. The fraction of sp³-hybridized carbons (Fsp3) is 0.118. The number of halogens is 2. The zero-order chi connectivity index (χ0) is 16.9. The van der Waals surface area contributed by atoms with Gasteiger partial charge in [-0.2, -0.15) is 4.98 Å². The molecule has 5 nitrogen and oxygen atoms in total. The smallest absolute Gasteiger partial charge is 0.267 e. The van der Waals surface area contributed by atoms with Gasteiger partial charge in [-0.05, 0) is 48.9 Å². The molecule has 0 saturated carbocycles. The third-order valence-corrected chi connectivity index (χ3v) is 3.73. The van der Waals surface area contributed by atoms with Gasteiger partial charge in [-0.1, -0.05) is 45.6 Å². The Morgan fingerprint density at radius 2 is 1.67 bits per heavy atom. The van der Waals surface area contributed by atoms with Crippen molar-refractivity contribution in [2.75, 3.05) is 0 Å². The Labute approximate surface area is 148 Å². The first-order chi connectivity index (χ1) is 11.6. The lowest BCUT2D eigenvalue weighted by Crippen LogP contribution is -1.96. The molecule has 0 aliphatic rings. The second kappa shape index (κ2) is 7.47. The summed E-state index contributed by atoms with van der Waals surface area (Å²) < 4.78 is 5.15. The first-order valence-corrected chi connectivity index (χ1v) is 7.88. The summed E-state index contributed by atoms with van der Waals surface area (Å²) in [5.41, 5.74) is 2.46. The Morgan fingerprint density at radius 1 is 1.04 bits per heavy atom. The highest BCUT2D eigenvalue weighted by atomic mass is 35.5. The molecule has 0 atom stereocenters. The van der Waals surface area contributed by atoms with Crippen LogP contribution in [0.1, 0.15) is 18.4 Å². The summed E-state index contributed by atoms with van der Waals surface area (Å²) in [6.07, 6.45) is 0. The van der Waals surface area contributed by atoms with E-state index < -0.39 is 0 Å². The summed E-state index contributed by atoms with van der Waals surface area (Å²) in [6.45, 7) is 1.93. The molecule has 0 aliphatic carbocycles. The van der Waals surface area contributed by atoms with Crippen molar-refractivity contribution < 1.29 is 9.36 Å². The van der Waals surface area contributed by atoms with Gasteiger partial charge in [0.05, 0.1) is 5.71 Å². The van der Waals surface area contributed by atoms with E-state index in [0.717, 1.165) is 16.8 Å². The number of hydrogen-bond acceptors (Lipinski definition) is 5. The van der Waals surface area contributed by atoms with Gasteiger partial charge in [0.15, 0.2) is 6.61 Å². The van der Waals surface area contributed by atoms with Crippen LogP contribution >= 0.6 is 23.2 Å². The average Bonchev–Trinajstić information content (AvgIpc) is 3.05. The number of benzene rings is 2. The predicted molar refractivity (Wildman–Crippen MR) is 93.2 cm³/mol. The van der Waals surface area contributed by atoms with Crippen molar-refractivity contribution in [3.8, 4) is 11.4 Å². The monoisotopic (exact) mass is 361 g/mol. The van der Waals surface area contributed by atoms with Crippen LogP contribution in [0.15, 0.2) is 58.2 Å². The van der Waals surface area contributed by atoms with Crippen molar-refractivity contribution in [3.63, 3.8) is 0 Å². The summed E-state index contributed by atoms with van der Waals surface area (Å²) in [5.74, 6) is 0.816. The van der Waals surface area contributed by atoms with Gasteiger partial charge >= 0.3 is 0 Å². The maximum atomic E-state index is 5.86. The zero-order valence-electron chi connectivity index (χ0n) is 12.7. The third kappa shape index (κ3) is 4.13. The van der Waals surface area contributed by atoms with E-state index in [4.69, 9.17) is 32.6 Å². The van der Waals surface area contributed by atoms with Gasteiger partial charge in [0.1, 0.15) is 0 Å². The number of aromatic nitrogens is 2. The molecule has 0 aliphatic heterocycles. The van der Waals surface area contributed by atoms with Gasteiger partial charge in [0.25, 0.3) is 5.89 Å². The van der Waals surface area contributed by atoms with Crippen LogP contribution in [-0.4, -0.2) is 15.9 Å². The Morgan fingerprint density at radius 3 is 2.33 bits per heavy atom. The first-order valence-electron chi connectivity index (χ1n) is 7.13. The lowest BCUT2D eigenvalue weighted by atomic mass is 10.1. The summed E-state index contributed by atoms with van der Waals surface area (Å²) in [4.78, 5) is 9.53. The molecular weight excluding hydrogens is 349 g/mol. The minimum Gasteiger partial charge on any atom is -0.385 e. The van der Waals surface area contributed by atoms with Crippen LogP contribution in [-0.2, 0) is 11.4 Å². The van der Waals surface area contributed by atoms with Gasteiger partial charge in [0.2, 0.25) is 5.82 Å². The fourth-order valence-electron chi connectivity index (χ4n) is 1.96. The van der Waals surface area contributed by atoms with Crippen LogP contribution in [0.4, 0.5) is 0 Å². The van der Waals surface area contributed by atoms with Crippen molar-refractivity contribution in [2.24, 2.45) is 5.16 Å². The SMILES string of the molecule is C/C(=N/OCc1nc(-c2ccc(Cl)cc2)no1)c1ccc(Cl)cc1. The lowest BCUT2D eigenvalue weighted by Gasteiger charge is -2.00. The second-order valence-electron chi connectivity index (χ2n) is 4.98. The minimum atomic E-state index is 0.0888. The fourth-order valence-corrected chi connectivity index (χ4v) is 2.21. The Bertz CT molecular complexity index is 843. The highest BCUT2D eigenvalue weighted by Crippen LogP contribution is 2.19. The molecule has 0 bridgehead atoms. The molecule has 2 aromatic carbocycles. The molecule has 1 heterocycles. The summed E-state index contributed by atoms with van der Waals surface area (Å²) >= 11 is 11.7. The molecule has 122 valence electrons. The van der Waals surface area contributed by atoms with Crippen molar-refractivity contribution in [3.05, 3.63) is 70.0 Å². The van der Waals surface area contributed by atoms with E-state index in [1.165, 1.54) is 0 Å². The number of rotatable bonds is 5. The van der Waals surface area contributed by atoms with Crippen molar-refractivity contribution in [1.29, 1.82) is 0 Å². The highest BCUT2D eigenvalue weighted by Gasteiger charge is 2.09. The van der Waals surface area contributed by atoms with Crippen LogP contribution in [0, 0.1) is 0 Å². The van der Waals surface area contributed by atoms with Crippen molar-refractivity contribution >= 4 is 28.9 Å². The minimum absolute atomic E-state index is 0.0888. The van der Waals surface area contributed by atoms with Gasteiger partial charge in [-0.15, -0.1) is 0 Å². The summed E-state index contributed by atoms with van der Waals surface area (Å²) in [7, 11) is 0. The standard InChI is InChI=1S/C17H13Cl2N3O2/c1-11(12-2-6-14(18)7-3-12)21-23-10-16-20-17(22-24-16)13-4-8-15(19)9-5-13/h2-9H,10H2,1H3/b21-11-. The number of nitrogens with zero attached hydrogens (tertiary/aromatic N) is 3. The molecule has 24 heavy (non-hydrogen) atoms.